The third-order valence-electron chi connectivity index (χ3n) is 2.96. The number of halogens is 1. The number of nitrogens with zero attached hydrogens (tertiary/aromatic N) is 2. The summed E-state index contributed by atoms with van der Waals surface area (Å²) >= 11 is 7.10. The number of hydrogen-bond donors (Lipinski definition) is 0. The van der Waals surface area contributed by atoms with Crippen molar-refractivity contribution in [2.24, 2.45) is 0 Å². The maximum atomic E-state index is 5.60. The van der Waals surface area contributed by atoms with E-state index < -0.39 is 0 Å². The number of thiazole rings is 1. The molecule has 1 saturated heterocycles. The van der Waals surface area contributed by atoms with Crippen molar-refractivity contribution in [3.05, 3.63) is 39.1 Å². The molecule has 1 aliphatic rings. The lowest BCUT2D eigenvalue weighted by molar-refractivity contribution is 0.194. The molecule has 1 aliphatic heterocycles. The predicted octanol–water partition coefficient (Wildman–Crippen LogP) is 3.79. The lowest BCUT2D eigenvalue weighted by Gasteiger charge is -2.33. The SMILES string of the molecule is Brc1ccc(CN2CCSC[C@@H]2c2nccs2)o1. The summed E-state index contributed by atoms with van der Waals surface area (Å²) in [5.74, 6) is 3.31. The van der Waals surface area contributed by atoms with E-state index in [4.69, 9.17) is 4.42 Å². The van der Waals surface area contributed by atoms with Crippen LogP contribution in [-0.4, -0.2) is 27.9 Å². The Bertz CT molecular complexity index is 500. The summed E-state index contributed by atoms with van der Waals surface area (Å²) in [6.07, 6.45) is 1.89. The average Bonchev–Trinajstić information content (AvgIpc) is 3.02. The Morgan fingerprint density at radius 1 is 1.50 bits per heavy atom. The summed E-state index contributed by atoms with van der Waals surface area (Å²) in [6.45, 7) is 1.95. The van der Waals surface area contributed by atoms with Gasteiger partial charge in [-0.3, -0.25) is 4.90 Å². The zero-order valence-corrected chi connectivity index (χ0v) is 12.9. The molecule has 0 bridgehead atoms. The third kappa shape index (κ3) is 2.82. The van der Waals surface area contributed by atoms with Gasteiger partial charge in [-0.05, 0) is 28.1 Å². The van der Waals surface area contributed by atoms with Crippen LogP contribution in [0.1, 0.15) is 16.8 Å². The molecule has 96 valence electrons. The van der Waals surface area contributed by atoms with E-state index in [1.165, 1.54) is 10.8 Å². The quantitative estimate of drug-likeness (QED) is 0.847. The second kappa shape index (κ2) is 5.77. The molecule has 3 heterocycles. The fourth-order valence-electron chi connectivity index (χ4n) is 2.09. The number of hydrogen-bond acceptors (Lipinski definition) is 5. The van der Waals surface area contributed by atoms with Gasteiger partial charge in [-0.2, -0.15) is 11.8 Å². The van der Waals surface area contributed by atoms with Crippen molar-refractivity contribution in [1.82, 2.24) is 9.88 Å². The topological polar surface area (TPSA) is 29.3 Å². The normalized spacial score (nSPS) is 21.3. The van der Waals surface area contributed by atoms with Gasteiger partial charge in [0, 0.05) is 29.6 Å². The van der Waals surface area contributed by atoms with E-state index in [0.29, 0.717) is 6.04 Å². The zero-order valence-electron chi connectivity index (χ0n) is 9.71. The highest BCUT2D eigenvalue weighted by molar-refractivity contribution is 9.10. The Hall–Kier alpha value is -0.300. The maximum Gasteiger partial charge on any atom is 0.169 e. The van der Waals surface area contributed by atoms with Gasteiger partial charge in [0.15, 0.2) is 4.67 Å². The van der Waals surface area contributed by atoms with Gasteiger partial charge in [-0.15, -0.1) is 11.3 Å². The van der Waals surface area contributed by atoms with E-state index >= 15 is 0 Å². The van der Waals surface area contributed by atoms with Crippen molar-refractivity contribution < 1.29 is 4.42 Å². The molecule has 18 heavy (non-hydrogen) atoms. The van der Waals surface area contributed by atoms with Gasteiger partial charge in [0.2, 0.25) is 0 Å². The van der Waals surface area contributed by atoms with E-state index in [2.05, 4.69) is 31.2 Å². The minimum atomic E-state index is 0.424. The maximum absolute atomic E-state index is 5.60. The van der Waals surface area contributed by atoms with Crippen LogP contribution in [0, 0.1) is 0 Å². The first-order valence-electron chi connectivity index (χ1n) is 5.78. The van der Waals surface area contributed by atoms with Gasteiger partial charge in [0.1, 0.15) is 10.8 Å². The molecule has 0 aromatic carbocycles. The van der Waals surface area contributed by atoms with E-state index in [1.807, 2.05) is 30.1 Å². The van der Waals surface area contributed by atoms with Gasteiger partial charge in [-0.25, -0.2) is 4.98 Å². The van der Waals surface area contributed by atoms with Crippen molar-refractivity contribution in [3.8, 4) is 0 Å². The highest BCUT2D eigenvalue weighted by Crippen LogP contribution is 2.32. The second-order valence-corrected chi connectivity index (χ2v) is 6.99. The first-order valence-corrected chi connectivity index (χ1v) is 8.61. The third-order valence-corrected chi connectivity index (χ3v) is 5.29. The van der Waals surface area contributed by atoms with E-state index in [1.54, 1.807) is 11.3 Å². The summed E-state index contributed by atoms with van der Waals surface area (Å²) in [5, 5.41) is 3.27. The minimum Gasteiger partial charge on any atom is -0.453 e. The zero-order chi connectivity index (χ0) is 12.4. The minimum absolute atomic E-state index is 0.424. The molecule has 0 spiro atoms. The van der Waals surface area contributed by atoms with Crippen LogP contribution in [0.3, 0.4) is 0 Å². The standard InChI is InChI=1S/C12H13BrN2OS2/c13-11-2-1-9(16-11)7-15-4-6-17-8-10(15)12-14-3-5-18-12/h1-3,5,10H,4,6-8H2/t10-/m1/s1. The molecule has 0 radical (unpaired) electrons. The second-order valence-electron chi connectivity index (χ2n) is 4.14. The Morgan fingerprint density at radius 2 is 2.44 bits per heavy atom. The fourth-order valence-corrected chi connectivity index (χ4v) is 4.43. The lowest BCUT2D eigenvalue weighted by Crippen LogP contribution is -2.35. The van der Waals surface area contributed by atoms with E-state index in [0.717, 1.165) is 29.3 Å². The van der Waals surface area contributed by atoms with Crippen molar-refractivity contribution in [1.29, 1.82) is 0 Å². The Balaban J connectivity index is 1.76. The molecule has 1 atom stereocenters. The molecule has 0 saturated carbocycles. The molecule has 6 heteroatoms. The summed E-state index contributed by atoms with van der Waals surface area (Å²) < 4.78 is 6.40. The van der Waals surface area contributed by atoms with E-state index in [9.17, 15) is 0 Å². The highest BCUT2D eigenvalue weighted by Gasteiger charge is 2.26. The Labute approximate surface area is 123 Å². The number of rotatable bonds is 3. The molecule has 2 aromatic rings. The van der Waals surface area contributed by atoms with Crippen molar-refractivity contribution in [3.63, 3.8) is 0 Å². The average molecular weight is 345 g/mol. The van der Waals surface area contributed by atoms with Crippen LogP contribution in [0.5, 0.6) is 0 Å². The van der Waals surface area contributed by atoms with Crippen LogP contribution < -0.4 is 0 Å². The summed E-state index contributed by atoms with van der Waals surface area (Å²) in [4.78, 5) is 6.92. The van der Waals surface area contributed by atoms with Crippen LogP contribution in [0.2, 0.25) is 0 Å². The number of thioether (sulfide) groups is 1. The van der Waals surface area contributed by atoms with Gasteiger partial charge in [0.05, 0.1) is 12.6 Å². The molecule has 0 aliphatic carbocycles. The van der Waals surface area contributed by atoms with Crippen LogP contribution in [-0.2, 0) is 6.54 Å². The van der Waals surface area contributed by atoms with Crippen LogP contribution in [0.15, 0.2) is 32.8 Å². The molecular weight excluding hydrogens is 332 g/mol. The van der Waals surface area contributed by atoms with Crippen molar-refractivity contribution in [2.45, 2.75) is 12.6 Å². The molecule has 0 N–H and O–H groups in total. The number of aromatic nitrogens is 1. The van der Waals surface area contributed by atoms with E-state index in [-0.39, 0.29) is 0 Å². The predicted molar refractivity (Wildman–Crippen MR) is 79.0 cm³/mol. The van der Waals surface area contributed by atoms with Gasteiger partial charge < -0.3 is 4.42 Å². The van der Waals surface area contributed by atoms with Crippen LogP contribution >= 0.6 is 39.0 Å². The highest BCUT2D eigenvalue weighted by atomic mass is 79.9. The van der Waals surface area contributed by atoms with Crippen LogP contribution in [0.25, 0.3) is 0 Å². The van der Waals surface area contributed by atoms with Crippen molar-refractivity contribution in [2.75, 3.05) is 18.1 Å². The first kappa shape index (κ1) is 12.7. The Kier molecular flexibility index (Phi) is 4.08. The number of furan rings is 1. The molecule has 1 fully saturated rings. The van der Waals surface area contributed by atoms with Gasteiger partial charge >= 0.3 is 0 Å². The smallest absolute Gasteiger partial charge is 0.169 e. The molecule has 0 amide bonds. The summed E-state index contributed by atoms with van der Waals surface area (Å²) in [6, 6.07) is 4.41. The molecular formula is C12H13BrN2OS2. The lowest BCUT2D eigenvalue weighted by atomic mass is 10.2. The van der Waals surface area contributed by atoms with Gasteiger partial charge in [-0.1, -0.05) is 0 Å². The first-order chi connectivity index (χ1) is 8.83. The largest absolute Gasteiger partial charge is 0.453 e. The monoisotopic (exact) mass is 344 g/mol. The fraction of sp³-hybridized carbons (Fsp3) is 0.417. The van der Waals surface area contributed by atoms with Gasteiger partial charge in [0.25, 0.3) is 0 Å². The molecule has 0 unspecified atom stereocenters. The summed E-state index contributed by atoms with van der Waals surface area (Å²) in [5.41, 5.74) is 0. The van der Waals surface area contributed by atoms with Crippen molar-refractivity contribution >= 4 is 39.0 Å². The molecule has 3 rings (SSSR count). The Morgan fingerprint density at radius 3 is 3.17 bits per heavy atom. The van der Waals surface area contributed by atoms with Crippen LogP contribution in [0.4, 0.5) is 0 Å². The molecule has 2 aromatic heterocycles. The summed E-state index contributed by atoms with van der Waals surface area (Å²) in [7, 11) is 0. The molecule has 3 nitrogen and oxygen atoms in total.